The fraction of sp³-hybridized carbons (Fsp3) is 0.235. The summed E-state index contributed by atoms with van der Waals surface area (Å²) < 4.78 is 5.44. The summed E-state index contributed by atoms with van der Waals surface area (Å²) in [5.74, 6) is 1.93. The zero-order valence-corrected chi connectivity index (χ0v) is 24.2. The lowest BCUT2D eigenvalue weighted by molar-refractivity contribution is -0.00000798. The number of nitrogens with zero attached hydrogens (tertiary/aromatic N) is 5. The summed E-state index contributed by atoms with van der Waals surface area (Å²) in [6.07, 6.45) is 0. The highest BCUT2D eigenvalue weighted by Crippen LogP contribution is 2.44. The number of hydrogen-bond acceptors (Lipinski definition) is 0. The maximum Gasteiger partial charge on any atom is 0.374 e. The molecule has 2 heterocycles. The summed E-state index contributed by atoms with van der Waals surface area (Å²) in [6, 6.07) is 43.8. The number of rotatable bonds is 4. The number of benzene rings is 4. The molecule has 2 fully saturated rings. The molecule has 0 amide bonds. The first-order chi connectivity index (χ1) is 19.1. The Morgan fingerprint density at radius 3 is 0.775 bits per heavy atom. The van der Waals surface area contributed by atoms with Gasteiger partial charge in [-0.1, -0.05) is 121 Å². The Morgan fingerprint density at radius 1 is 0.375 bits per heavy atom. The molecule has 0 bridgehead atoms. The summed E-state index contributed by atoms with van der Waals surface area (Å²) in [5.41, 5.74) is 5.14. The van der Waals surface area contributed by atoms with Crippen molar-refractivity contribution in [2.24, 2.45) is 0 Å². The number of guanidine groups is 2. The van der Waals surface area contributed by atoms with Crippen LogP contribution < -0.4 is 17.1 Å². The molecule has 4 aromatic carbocycles. The number of halogens is 1. The van der Waals surface area contributed by atoms with Crippen LogP contribution >= 0.6 is 0 Å². The lowest BCUT2D eigenvalue weighted by Crippen LogP contribution is -3.00. The summed E-state index contributed by atoms with van der Waals surface area (Å²) in [6.45, 7) is 0. The van der Waals surface area contributed by atoms with Gasteiger partial charge in [0.2, 0.25) is 0 Å². The molecule has 4 aromatic rings. The molecule has 4 unspecified atom stereocenters. The third kappa shape index (κ3) is 4.72. The van der Waals surface area contributed by atoms with E-state index in [2.05, 4.69) is 169 Å². The van der Waals surface area contributed by atoms with Gasteiger partial charge in [0.25, 0.3) is 0 Å². The van der Waals surface area contributed by atoms with Crippen molar-refractivity contribution in [3.63, 3.8) is 0 Å². The minimum absolute atomic E-state index is 0. The summed E-state index contributed by atoms with van der Waals surface area (Å²) in [4.78, 5) is 9.37. The van der Waals surface area contributed by atoms with Crippen molar-refractivity contribution < 1.29 is 12.4 Å². The van der Waals surface area contributed by atoms with Crippen LogP contribution in [-0.4, -0.2) is 59.7 Å². The topological polar surface area (TPSA) is 27.1 Å². The van der Waals surface area contributed by atoms with Crippen LogP contribution in [0.15, 0.2) is 121 Å². The number of likely N-dealkylation sites (N-methyl/N-ethyl adjacent to an activating group) is 4. The van der Waals surface area contributed by atoms with Crippen molar-refractivity contribution in [1.82, 2.24) is 24.3 Å². The molecule has 204 valence electrons. The monoisotopic (exact) mass is 549 g/mol. The first kappa shape index (κ1) is 27.4. The molecular formula is C34H36ClN5. The standard InChI is InChI=1S/C34H36N5.ClH/c1-36-29(25-17-9-5-10-18-25)30(26-19-11-6-12-20-26)37(2)33(36)35-34-38(3)31(27-21-13-7-14-22-27)32(39(34)4)28-23-15-8-16-24-28;/h5-24,29-32H,1-4H3;1H/q+1;/p-1. The normalized spacial score (nSPS) is 22.4. The lowest BCUT2D eigenvalue weighted by Gasteiger charge is -2.23. The van der Waals surface area contributed by atoms with Crippen molar-refractivity contribution in [3.8, 4) is 0 Å². The largest absolute Gasteiger partial charge is 1.00 e. The van der Waals surface area contributed by atoms with Crippen molar-refractivity contribution >= 4 is 11.9 Å². The Bertz CT molecular complexity index is 1250. The molecule has 40 heavy (non-hydrogen) atoms. The van der Waals surface area contributed by atoms with Gasteiger partial charge in [0.1, 0.15) is 24.2 Å². The minimum Gasteiger partial charge on any atom is -1.00 e. The average molecular weight is 550 g/mol. The Kier molecular flexibility index (Phi) is 7.88. The average Bonchev–Trinajstić information content (AvgIpc) is 3.39. The molecule has 0 spiro atoms. The Hall–Kier alpha value is -4.18. The molecule has 0 radical (unpaired) electrons. The highest BCUT2D eigenvalue weighted by atomic mass is 35.5. The van der Waals surface area contributed by atoms with E-state index in [1.807, 2.05) is 0 Å². The van der Waals surface area contributed by atoms with Crippen LogP contribution in [0.5, 0.6) is 0 Å². The molecule has 2 saturated heterocycles. The lowest BCUT2D eigenvalue weighted by atomic mass is 9.93. The second-order valence-electron chi connectivity index (χ2n) is 10.6. The number of hydrogen-bond donors (Lipinski definition) is 0. The predicted molar refractivity (Wildman–Crippen MR) is 160 cm³/mol. The smallest absolute Gasteiger partial charge is 0.374 e. The molecule has 6 rings (SSSR count). The zero-order chi connectivity index (χ0) is 26.9. The fourth-order valence-corrected chi connectivity index (χ4v) is 6.47. The molecule has 4 atom stereocenters. The summed E-state index contributed by atoms with van der Waals surface area (Å²) in [7, 11) is 8.70. The highest BCUT2D eigenvalue weighted by molar-refractivity contribution is 5.91. The van der Waals surface area contributed by atoms with Gasteiger partial charge < -0.3 is 12.4 Å². The second-order valence-corrected chi connectivity index (χ2v) is 10.6. The maximum atomic E-state index is 5.44. The van der Waals surface area contributed by atoms with Crippen molar-refractivity contribution in [2.75, 3.05) is 28.2 Å². The van der Waals surface area contributed by atoms with Gasteiger partial charge in [-0.3, -0.25) is 19.6 Å². The van der Waals surface area contributed by atoms with Crippen molar-refractivity contribution in [1.29, 1.82) is 0 Å². The molecule has 2 aliphatic rings. The van der Waals surface area contributed by atoms with E-state index < -0.39 is 0 Å². The Morgan fingerprint density at radius 2 is 0.575 bits per heavy atom. The molecule has 5 nitrogen and oxygen atoms in total. The highest BCUT2D eigenvalue weighted by Gasteiger charge is 2.50. The fourth-order valence-electron chi connectivity index (χ4n) is 6.47. The minimum atomic E-state index is 0. The van der Waals surface area contributed by atoms with E-state index in [0.717, 1.165) is 11.9 Å². The Balaban J connectivity index is 0.00000323. The first-order valence-corrected chi connectivity index (χ1v) is 13.6. The van der Waals surface area contributed by atoms with Crippen LogP contribution in [0.2, 0.25) is 0 Å². The third-order valence-corrected chi connectivity index (χ3v) is 8.29. The van der Waals surface area contributed by atoms with Gasteiger partial charge in [0, 0.05) is 28.2 Å². The van der Waals surface area contributed by atoms with Crippen molar-refractivity contribution in [3.05, 3.63) is 144 Å². The van der Waals surface area contributed by atoms with Crippen LogP contribution in [0.1, 0.15) is 46.4 Å². The van der Waals surface area contributed by atoms with E-state index >= 15 is 0 Å². The van der Waals surface area contributed by atoms with E-state index in [0.29, 0.717) is 0 Å². The van der Waals surface area contributed by atoms with Crippen molar-refractivity contribution in [2.45, 2.75) is 24.2 Å². The van der Waals surface area contributed by atoms with Crippen LogP contribution in [0.25, 0.3) is 0 Å². The van der Waals surface area contributed by atoms with Gasteiger partial charge in [-0.25, -0.2) is 4.67 Å². The van der Waals surface area contributed by atoms with Gasteiger partial charge >= 0.3 is 11.9 Å². The van der Waals surface area contributed by atoms with Gasteiger partial charge in [0.05, 0.1) is 0 Å². The van der Waals surface area contributed by atoms with Crippen LogP contribution in [0, 0.1) is 0 Å². The zero-order valence-electron chi connectivity index (χ0n) is 23.5. The van der Waals surface area contributed by atoms with Gasteiger partial charge in [-0.15, -0.1) is 0 Å². The van der Waals surface area contributed by atoms with E-state index in [1.54, 1.807) is 0 Å². The third-order valence-electron chi connectivity index (χ3n) is 8.29. The van der Waals surface area contributed by atoms with Crippen LogP contribution in [-0.2, 0) is 0 Å². The summed E-state index contributed by atoms with van der Waals surface area (Å²) in [5, 5.41) is 0. The van der Waals surface area contributed by atoms with E-state index in [-0.39, 0.29) is 36.6 Å². The van der Waals surface area contributed by atoms with E-state index in [1.165, 1.54) is 22.3 Å². The quantitative estimate of drug-likeness (QED) is 0.366. The van der Waals surface area contributed by atoms with Gasteiger partial charge in [-0.05, 0) is 22.3 Å². The Labute approximate surface area is 244 Å². The van der Waals surface area contributed by atoms with Crippen LogP contribution in [0.3, 0.4) is 0 Å². The molecule has 0 N–H and O–H groups in total. The second kappa shape index (κ2) is 11.5. The molecule has 0 aromatic heterocycles. The SMILES string of the molecule is CN1C(=[N+]=C2N(C)C(c3ccccc3)C(c3ccccc3)N2C)N(C)C(c2ccccc2)C1c1ccccc1.[Cl-]. The van der Waals surface area contributed by atoms with Crippen LogP contribution in [0.4, 0.5) is 0 Å². The molecule has 0 aliphatic carbocycles. The molecular weight excluding hydrogens is 514 g/mol. The van der Waals surface area contributed by atoms with Gasteiger partial charge in [-0.2, -0.15) is 0 Å². The van der Waals surface area contributed by atoms with Gasteiger partial charge in [0.15, 0.2) is 0 Å². The maximum absolute atomic E-state index is 5.44. The predicted octanol–water partition coefficient (Wildman–Crippen LogP) is 2.49. The summed E-state index contributed by atoms with van der Waals surface area (Å²) >= 11 is 0. The molecule has 6 heteroatoms. The molecule has 0 saturated carbocycles. The van der Waals surface area contributed by atoms with E-state index in [9.17, 15) is 0 Å². The molecule has 2 aliphatic heterocycles. The first-order valence-electron chi connectivity index (χ1n) is 13.6. The van der Waals surface area contributed by atoms with E-state index in [4.69, 9.17) is 4.67 Å².